The third-order valence-electron chi connectivity index (χ3n) is 5.65. The maximum atomic E-state index is 13.0. The number of carbonyl (C=O) groups is 4. The minimum Gasteiger partial charge on any atom is -0.353 e. The Bertz CT molecular complexity index is 633. The van der Waals surface area contributed by atoms with Gasteiger partial charge in [0.2, 0.25) is 11.8 Å². The van der Waals surface area contributed by atoms with Crippen LogP contribution in [-0.4, -0.2) is 49.3 Å². The van der Waals surface area contributed by atoms with Crippen molar-refractivity contribution in [1.82, 2.24) is 21.3 Å². The highest BCUT2D eigenvalue weighted by Gasteiger charge is 2.31. The zero-order chi connectivity index (χ0) is 22.7. The first-order valence-electron chi connectivity index (χ1n) is 11.0. The van der Waals surface area contributed by atoms with Gasteiger partial charge in [0.15, 0.2) is 5.78 Å². The largest absolute Gasteiger partial charge is 0.353 e. The van der Waals surface area contributed by atoms with Gasteiger partial charge < -0.3 is 21.3 Å². The Morgan fingerprint density at radius 1 is 1.20 bits per heavy atom. The van der Waals surface area contributed by atoms with Gasteiger partial charge in [0, 0.05) is 38.0 Å². The Morgan fingerprint density at radius 3 is 2.50 bits per heavy atom. The predicted molar refractivity (Wildman–Crippen MR) is 117 cm³/mol. The Balaban J connectivity index is 2.99. The number of hydrogen-bond acceptors (Lipinski definition) is 4. The second-order valence-corrected chi connectivity index (χ2v) is 8.38. The molecule has 4 amide bonds. The van der Waals surface area contributed by atoms with Crippen molar-refractivity contribution >= 4 is 23.6 Å². The summed E-state index contributed by atoms with van der Waals surface area (Å²) in [7, 11) is 1.51. The molecule has 1 unspecified atom stereocenters. The predicted octanol–water partition coefficient (Wildman–Crippen LogP) is 1.90. The lowest BCUT2D eigenvalue weighted by molar-refractivity contribution is -0.131. The van der Waals surface area contributed by atoms with E-state index in [0.717, 1.165) is 19.3 Å². The molecule has 1 aliphatic heterocycles. The van der Waals surface area contributed by atoms with Crippen LogP contribution < -0.4 is 21.3 Å². The number of rotatable bonds is 7. The topological polar surface area (TPSA) is 116 Å². The highest BCUT2D eigenvalue weighted by atomic mass is 16.2. The van der Waals surface area contributed by atoms with Crippen LogP contribution in [0.2, 0.25) is 0 Å². The molecular formula is C22H38N4O4. The molecule has 0 aliphatic carbocycles. The van der Waals surface area contributed by atoms with Gasteiger partial charge >= 0.3 is 6.03 Å². The van der Waals surface area contributed by atoms with E-state index < -0.39 is 18.0 Å². The lowest BCUT2D eigenvalue weighted by atomic mass is 9.87. The summed E-state index contributed by atoms with van der Waals surface area (Å²) >= 11 is 0. The average Bonchev–Trinajstić information content (AvgIpc) is 2.71. The Hall–Kier alpha value is -2.38. The average molecular weight is 423 g/mol. The van der Waals surface area contributed by atoms with Gasteiger partial charge in [0.25, 0.3) is 0 Å². The van der Waals surface area contributed by atoms with Crippen LogP contribution in [0.1, 0.15) is 59.8 Å². The molecule has 4 N–H and O–H groups in total. The minimum atomic E-state index is -0.635. The zero-order valence-corrected chi connectivity index (χ0v) is 18.9. The van der Waals surface area contributed by atoms with Gasteiger partial charge in [-0.05, 0) is 24.7 Å². The third kappa shape index (κ3) is 8.55. The van der Waals surface area contributed by atoms with E-state index in [1.807, 2.05) is 27.7 Å². The third-order valence-corrected chi connectivity index (χ3v) is 5.65. The SMILES string of the molecule is CCC(C)[C@H](NC(=O)NC)C(=O)C[C@H]1CCCCNC(=O)/C=C/[C@H](C(C)C)NC1=O. The molecule has 0 radical (unpaired) electrons. The maximum absolute atomic E-state index is 13.0. The summed E-state index contributed by atoms with van der Waals surface area (Å²) in [6, 6.07) is -1.34. The van der Waals surface area contributed by atoms with Crippen LogP contribution in [0.4, 0.5) is 4.79 Å². The fourth-order valence-corrected chi connectivity index (χ4v) is 3.38. The standard InChI is InChI=1S/C22H38N4O4/c1-6-15(4)20(26-22(30)23-5)18(27)13-16-9-7-8-12-24-19(28)11-10-17(14(2)3)25-21(16)29/h10-11,14-17,20H,6-9,12-13H2,1-5H3,(H,24,28)(H,25,29)(H2,23,26,30)/b11-10+/t15?,16-,17-,20+/m1/s1. The van der Waals surface area contributed by atoms with E-state index >= 15 is 0 Å². The van der Waals surface area contributed by atoms with Crippen molar-refractivity contribution in [3.8, 4) is 0 Å². The van der Waals surface area contributed by atoms with Crippen LogP contribution in [0.15, 0.2) is 12.2 Å². The number of carbonyl (C=O) groups excluding carboxylic acids is 4. The summed E-state index contributed by atoms with van der Waals surface area (Å²) in [5.74, 6) is -0.898. The van der Waals surface area contributed by atoms with E-state index in [-0.39, 0.29) is 41.9 Å². The van der Waals surface area contributed by atoms with E-state index in [4.69, 9.17) is 0 Å². The van der Waals surface area contributed by atoms with Crippen molar-refractivity contribution in [3.05, 3.63) is 12.2 Å². The number of urea groups is 1. The zero-order valence-electron chi connectivity index (χ0n) is 18.9. The quantitative estimate of drug-likeness (QED) is 0.501. The molecule has 4 atom stereocenters. The highest BCUT2D eigenvalue weighted by Crippen LogP contribution is 2.19. The minimum absolute atomic E-state index is 0.0364. The molecule has 0 aromatic heterocycles. The molecule has 1 aliphatic rings. The molecule has 0 aromatic rings. The Labute approximate surface area is 180 Å². The highest BCUT2D eigenvalue weighted by molar-refractivity contribution is 5.92. The van der Waals surface area contributed by atoms with E-state index in [1.165, 1.54) is 13.1 Å². The first-order chi connectivity index (χ1) is 14.2. The molecule has 8 heteroatoms. The molecule has 0 spiro atoms. The van der Waals surface area contributed by atoms with Gasteiger partial charge in [-0.1, -0.05) is 46.6 Å². The first-order valence-corrected chi connectivity index (χ1v) is 11.0. The van der Waals surface area contributed by atoms with Crippen molar-refractivity contribution in [2.75, 3.05) is 13.6 Å². The molecule has 0 saturated carbocycles. The van der Waals surface area contributed by atoms with Crippen molar-refractivity contribution in [3.63, 3.8) is 0 Å². The van der Waals surface area contributed by atoms with Crippen LogP contribution >= 0.6 is 0 Å². The molecule has 170 valence electrons. The molecule has 30 heavy (non-hydrogen) atoms. The number of Topliss-reactive ketones (excluding diaryl/α,β-unsaturated/α-hetero) is 1. The second-order valence-electron chi connectivity index (χ2n) is 8.38. The van der Waals surface area contributed by atoms with Gasteiger partial charge in [0.05, 0.1) is 6.04 Å². The summed E-state index contributed by atoms with van der Waals surface area (Å²) < 4.78 is 0. The van der Waals surface area contributed by atoms with E-state index in [9.17, 15) is 19.2 Å². The summed E-state index contributed by atoms with van der Waals surface area (Å²) in [4.78, 5) is 49.7. The fourth-order valence-electron chi connectivity index (χ4n) is 3.38. The summed E-state index contributed by atoms with van der Waals surface area (Å²) in [6.45, 7) is 8.34. The molecule has 0 bridgehead atoms. The van der Waals surface area contributed by atoms with E-state index in [1.54, 1.807) is 6.08 Å². The second kappa shape index (κ2) is 13.0. The maximum Gasteiger partial charge on any atom is 0.315 e. The van der Waals surface area contributed by atoms with Gasteiger partial charge in [-0.15, -0.1) is 0 Å². The number of ketones is 1. The summed E-state index contributed by atoms with van der Waals surface area (Å²) in [6.07, 6.45) is 5.97. The number of amides is 4. The lowest BCUT2D eigenvalue weighted by Gasteiger charge is -2.27. The van der Waals surface area contributed by atoms with Crippen LogP contribution in [0.25, 0.3) is 0 Å². The van der Waals surface area contributed by atoms with Crippen molar-refractivity contribution < 1.29 is 19.2 Å². The number of nitrogens with one attached hydrogen (secondary N) is 4. The summed E-state index contributed by atoms with van der Waals surface area (Å²) in [5.41, 5.74) is 0. The van der Waals surface area contributed by atoms with E-state index in [0.29, 0.717) is 13.0 Å². The summed E-state index contributed by atoms with van der Waals surface area (Å²) in [5, 5.41) is 11.0. The smallest absolute Gasteiger partial charge is 0.315 e. The normalized spacial score (nSPS) is 23.8. The molecule has 1 heterocycles. The van der Waals surface area contributed by atoms with Gasteiger partial charge in [-0.3, -0.25) is 14.4 Å². The van der Waals surface area contributed by atoms with Gasteiger partial charge in [-0.2, -0.15) is 0 Å². The van der Waals surface area contributed by atoms with Crippen molar-refractivity contribution in [2.45, 2.75) is 71.9 Å². The fraction of sp³-hybridized carbons (Fsp3) is 0.727. The van der Waals surface area contributed by atoms with Gasteiger partial charge in [0.1, 0.15) is 0 Å². The molecule has 0 saturated heterocycles. The monoisotopic (exact) mass is 422 g/mol. The molecule has 8 nitrogen and oxygen atoms in total. The van der Waals surface area contributed by atoms with Crippen LogP contribution in [0, 0.1) is 17.8 Å². The first kappa shape index (κ1) is 25.7. The lowest BCUT2D eigenvalue weighted by Crippen LogP contribution is -2.49. The van der Waals surface area contributed by atoms with Gasteiger partial charge in [-0.25, -0.2) is 4.79 Å². The Kier molecular flexibility index (Phi) is 11.1. The van der Waals surface area contributed by atoms with Crippen molar-refractivity contribution in [1.29, 1.82) is 0 Å². The molecule has 1 rings (SSSR count). The molecule has 0 aromatic carbocycles. The van der Waals surface area contributed by atoms with E-state index in [2.05, 4.69) is 21.3 Å². The van der Waals surface area contributed by atoms with Crippen molar-refractivity contribution in [2.24, 2.45) is 17.8 Å². The Morgan fingerprint density at radius 2 is 1.90 bits per heavy atom. The number of hydrogen-bond donors (Lipinski definition) is 4. The van der Waals surface area contributed by atoms with Crippen LogP contribution in [-0.2, 0) is 14.4 Å². The van der Waals surface area contributed by atoms with Crippen LogP contribution in [0.3, 0.4) is 0 Å². The molecule has 0 fully saturated rings. The molecular weight excluding hydrogens is 384 g/mol. The van der Waals surface area contributed by atoms with Crippen LogP contribution in [0.5, 0.6) is 0 Å².